The summed E-state index contributed by atoms with van der Waals surface area (Å²) in [4.78, 5) is 28.0. The molecule has 0 saturated carbocycles. The topological polar surface area (TPSA) is 90.1 Å². The lowest BCUT2D eigenvalue weighted by atomic mass is 10.1. The molecule has 1 aromatic heterocycles. The Hall–Kier alpha value is -3.65. The molecule has 32 heavy (non-hydrogen) atoms. The number of carbonyl (C=O) groups is 1. The van der Waals surface area contributed by atoms with Gasteiger partial charge in [-0.1, -0.05) is 36.4 Å². The number of para-hydroxylation sites is 2. The third-order valence-corrected chi connectivity index (χ3v) is 6.21. The van der Waals surface area contributed by atoms with Gasteiger partial charge in [0.15, 0.2) is 0 Å². The molecule has 0 spiro atoms. The Morgan fingerprint density at radius 2 is 1.75 bits per heavy atom. The zero-order valence-corrected chi connectivity index (χ0v) is 18.3. The Bertz CT molecular complexity index is 1240. The van der Waals surface area contributed by atoms with Gasteiger partial charge < -0.3 is 9.88 Å². The number of nitrogens with zero attached hydrogens (tertiary/aromatic N) is 3. The van der Waals surface area contributed by atoms with E-state index in [2.05, 4.69) is 33.1 Å². The minimum Gasteiger partial charge on any atom is -0.351 e. The first kappa shape index (κ1) is 21.6. The molecule has 1 amide bonds. The third kappa shape index (κ3) is 5.15. The minimum atomic E-state index is -0.437. The molecule has 0 bridgehead atoms. The number of imidazole rings is 1. The van der Waals surface area contributed by atoms with Gasteiger partial charge in [0.25, 0.3) is 5.69 Å². The van der Waals surface area contributed by atoms with Crippen molar-refractivity contribution in [2.75, 3.05) is 0 Å². The number of nitro benzene ring substituents is 1. The summed E-state index contributed by atoms with van der Waals surface area (Å²) in [6, 6.07) is 22.4. The van der Waals surface area contributed by atoms with Crippen LogP contribution in [-0.2, 0) is 17.9 Å². The number of thioether (sulfide) groups is 1. The SMILES string of the molecule is CC(Sc1ccc([N+](=O)[O-])cc1)C(=O)NCc1ccc(Cn2cnc3ccccc32)cc1. The largest absolute Gasteiger partial charge is 0.351 e. The van der Waals surface area contributed by atoms with Crippen LogP contribution >= 0.6 is 11.8 Å². The smallest absolute Gasteiger partial charge is 0.269 e. The average Bonchev–Trinajstić information content (AvgIpc) is 3.21. The number of rotatable bonds is 8. The Kier molecular flexibility index (Phi) is 6.51. The van der Waals surface area contributed by atoms with Crippen LogP contribution in [0.5, 0.6) is 0 Å². The molecule has 1 N–H and O–H groups in total. The summed E-state index contributed by atoms with van der Waals surface area (Å²) >= 11 is 1.37. The van der Waals surface area contributed by atoms with Gasteiger partial charge in [-0.25, -0.2) is 4.98 Å². The van der Waals surface area contributed by atoms with Crippen LogP contribution in [0.4, 0.5) is 5.69 Å². The molecule has 0 radical (unpaired) electrons. The maximum absolute atomic E-state index is 12.4. The molecule has 0 saturated heterocycles. The second kappa shape index (κ2) is 9.65. The Morgan fingerprint density at radius 1 is 1.06 bits per heavy atom. The molecule has 0 aliphatic rings. The first-order valence-electron chi connectivity index (χ1n) is 10.2. The maximum Gasteiger partial charge on any atom is 0.269 e. The number of amides is 1. The van der Waals surface area contributed by atoms with Crippen LogP contribution in [0.25, 0.3) is 11.0 Å². The molecule has 7 nitrogen and oxygen atoms in total. The fourth-order valence-corrected chi connectivity index (χ4v) is 4.22. The summed E-state index contributed by atoms with van der Waals surface area (Å²) < 4.78 is 2.11. The van der Waals surface area contributed by atoms with Crippen molar-refractivity contribution in [3.05, 3.63) is 100 Å². The van der Waals surface area contributed by atoms with Crippen LogP contribution in [0.2, 0.25) is 0 Å². The van der Waals surface area contributed by atoms with Crippen LogP contribution in [0, 0.1) is 10.1 Å². The van der Waals surface area contributed by atoms with Crippen molar-refractivity contribution in [1.29, 1.82) is 0 Å². The van der Waals surface area contributed by atoms with Gasteiger partial charge in [-0.15, -0.1) is 11.8 Å². The van der Waals surface area contributed by atoms with E-state index in [0.29, 0.717) is 6.54 Å². The quantitative estimate of drug-likeness (QED) is 0.239. The van der Waals surface area contributed by atoms with Gasteiger partial charge in [0.05, 0.1) is 27.5 Å². The van der Waals surface area contributed by atoms with Gasteiger partial charge >= 0.3 is 0 Å². The molecule has 8 heteroatoms. The molecular formula is C24H22N4O3S. The third-order valence-electron chi connectivity index (χ3n) is 5.10. The summed E-state index contributed by atoms with van der Waals surface area (Å²) in [6.07, 6.45) is 1.85. The van der Waals surface area contributed by atoms with Crippen LogP contribution in [0.3, 0.4) is 0 Å². The normalized spacial score (nSPS) is 11.9. The van der Waals surface area contributed by atoms with Gasteiger partial charge in [-0.3, -0.25) is 14.9 Å². The number of nitro groups is 1. The van der Waals surface area contributed by atoms with E-state index in [4.69, 9.17) is 0 Å². The summed E-state index contributed by atoms with van der Waals surface area (Å²) in [5.41, 5.74) is 4.29. The van der Waals surface area contributed by atoms with E-state index in [-0.39, 0.29) is 16.8 Å². The predicted molar refractivity (Wildman–Crippen MR) is 126 cm³/mol. The molecule has 1 heterocycles. The molecule has 0 fully saturated rings. The van der Waals surface area contributed by atoms with Crippen molar-refractivity contribution in [3.63, 3.8) is 0 Å². The Morgan fingerprint density at radius 3 is 2.47 bits per heavy atom. The first-order valence-corrected chi connectivity index (χ1v) is 11.0. The highest BCUT2D eigenvalue weighted by atomic mass is 32.2. The molecule has 1 atom stereocenters. The van der Waals surface area contributed by atoms with Crippen LogP contribution < -0.4 is 5.32 Å². The molecule has 162 valence electrons. The van der Waals surface area contributed by atoms with Crippen LogP contribution in [0.1, 0.15) is 18.1 Å². The number of non-ortho nitro benzene ring substituents is 1. The van der Waals surface area contributed by atoms with Gasteiger partial charge in [0, 0.05) is 30.1 Å². The lowest BCUT2D eigenvalue weighted by molar-refractivity contribution is -0.384. The van der Waals surface area contributed by atoms with Gasteiger partial charge in [-0.2, -0.15) is 0 Å². The maximum atomic E-state index is 12.4. The minimum absolute atomic E-state index is 0.0381. The highest BCUT2D eigenvalue weighted by Crippen LogP contribution is 2.25. The number of hydrogen-bond acceptors (Lipinski definition) is 5. The number of carbonyl (C=O) groups excluding carboxylic acids is 1. The van der Waals surface area contributed by atoms with Crippen molar-refractivity contribution < 1.29 is 9.72 Å². The van der Waals surface area contributed by atoms with E-state index < -0.39 is 4.92 Å². The number of fused-ring (bicyclic) bond motifs is 1. The van der Waals surface area contributed by atoms with Gasteiger partial charge in [0.1, 0.15) is 0 Å². The molecular weight excluding hydrogens is 424 g/mol. The number of aromatic nitrogens is 2. The summed E-state index contributed by atoms with van der Waals surface area (Å²) in [5, 5.41) is 13.4. The molecule has 3 aromatic carbocycles. The molecule has 0 aliphatic carbocycles. The lowest BCUT2D eigenvalue weighted by Gasteiger charge is -2.12. The zero-order valence-electron chi connectivity index (χ0n) is 17.5. The Labute approximate surface area is 189 Å². The van der Waals surface area contributed by atoms with E-state index in [1.165, 1.54) is 23.9 Å². The zero-order chi connectivity index (χ0) is 22.5. The van der Waals surface area contributed by atoms with Gasteiger partial charge in [0.2, 0.25) is 5.91 Å². The van der Waals surface area contributed by atoms with Crippen molar-refractivity contribution in [2.45, 2.75) is 30.2 Å². The second-order valence-electron chi connectivity index (χ2n) is 7.41. The number of benzene rings is 3. The highest BCUT2D eigenvalue weighted by molar-refractivity contribution is 8.00. The predicted octanol–water partition coefficient (Wildman–Crippen LogP) is 4.79. The fraction of sp³-hybridized carbons (Fsp3) is 0.167. The van der Waals surface area contributed by atoms with Crippen molar-refractivity contribution in [2.24, 2.45) is 0 Å². The fourth-order valence-electron chi connectivity index (χ4n) is 3.33. The summed E-state index contributed by atoms with van der Waals surface area (Å²) in [5.74, 6) is -0.0812. The molecule has 4 rings (SSSR count). The van der Waals surface area contributed by atoms with Crippen molar-refractivity contribution in [3.8, 4) is 0 Å². The average molecular weight is 447 g/mol. The van der Waals surface area contributed by atoms with E-state index >= 15 is 0 Å². The second-order valence-corrected chi connectivity index (χ2v) is 8.82. The van der Waals surface area contributed by atoms with Crippen molar-refractivity contribution >= 4 is 34.4 Å². The first-order chi connectivity index (χ1) is 15.5. The van der Waals surface area contributed by atoms with E-state index in [0.717, 1.165) is 33.6 Å². The van der Waals surface area contributed by atoms with Crippen LogP contribution in [-0.4, -0.2) is 25.6 Å². The number of nitrogens with one attached hydrogen (secondary N) is 1. The number of hydrogen-bond donors (Lipinski definition) is 1. The Balaban J connectivity index is 1.29. The summed E-state index contributed by atoms with van der Waals surface area (Å²) in [6.45, 7) is 2.99. The molecule has 1 unspecified atom stereocenters. The molecule has 0 aliphatic heterocycles. The monoisotopic (exact) mass is 446 g/mol. The highest BCUT2D eigenvalue weighted by Gasteiger charge is 2.15. The van der Waals surface area contributed by atoms with Gasteiger partial charge in [-0.05, 0) is 42.3 Å². The summed E-state index contributed by atoms with van der Waals surface area (Å²) in [7, 11) is 0. The van der Waals surface area contributed by atoms with E-state index in [1.54, 1.807) is 12.1 Å². The van der Waals surface area contributed by atoms with Crippen LogP contribution in [0.15, 0.2) is 84.0 Å². The van der Waals surface area contributed by atoms with E-state index in [1.807, 2.05) is 43.6 Å². The lowest BCUT2D eigenvalue weighted by Crippen LogP contribution is -2.30. The molecule has 4 aromatic rings. The standard InChI is InChI=1S/C24H22N4O3S/c1-17(32-21-12-10-20(11-13-21)28(30)31)24(29)25-14-18-6-8-19(9-7-18)15-27-16-26-22-4-2-3-5-23(22)27/h2-13,16-17H,14-15H2,1H3,(H,25,29). The van der Waals surface area contributed by atoms with Crippen molar-refractivity contribution in [1.82, 2.24) is 14.9 Å². The van der Waals surface area contributed by atoms with E-state index in [9.17, 15) is 14.9 Å².